The second kappa shape index (κ2) is 7.71. The fourth-order valence-electron chi connectivity index (χ4n) is 3.87. The third-order valence-electron chi connectivity index (χ3n) is 5.37. The summed E-state index contributed by atoms with van der Waals surface area (Å²) in [5, 5.41) is 8.67. The SMILES string of the molecule is CC/C(=C\c1ccc(CO)o1)CC[C@H]1OC[C@H]2C1=C(C(C)C)CS2(=O)=O. The average molecular weight is 381 g/mol. The zero-order valence-electron chi connectivity index (χ0n) is 15.7. The molecule has 1 saturated heterocycles. The highest BCUT2D eigenvalue weighted by molar-refractivity contribution is 7.92. The molecule has 6 heteroatoms. The second-order valence-electron chi connectivity index (χ2n) is 7.41. The molecule has 1 aromatic heterocycles. The van der Waals surface area contributed by atoms with Crippen LogP contribution in [0.3, 0.4) is 0 Å². The molecule has 0 spiro atoms. The predicted molar refractivity (Wildman–Crippen MR) is 101 cm³/mol. The Morgan fingerprint density at radius 2 is 2.15 bits per heavy atom. The van der Waals surface area contributed by atoms with E-state index in [2.05, 4.69) is 20.8 Å². The van der Waals surface area contributed by atoms with Gasteiger partial charge >= 0.3 is 0 Å². The van der Waals surface area contributed by atoms with Crippen LogP contribution in [0.25, 0.3) is 6.08 Å². The number of hydrogen-bond donors (Lipinski definition) is 1. The molecule has 5 nitrogen and oxygen atoms in total. The quantitative estimate of drug-likeness (QED) is 0.733. The molecule has 1 aromatic rings. The van der Waals surface area contributed by atoms with E-state index in [9.17, 15) is 8.42 Å². The monoisotopic (exact) mass is 380 g/mol. The fourth-order valence-corrected chi connectivity index (χ4v) is 5.98. The van der Waals surface area contributed by atoms with Gasteiger partial charge in [-0.2, -0.15) is 0 Å². The predicted octanol–water partition coefficient (Wildman–Crippen LogP) is 3.49. The van der Waals surface area contributed by atoms with Crippen LogP contribution in [-0.4, -0.2) is 37.2 Å². The van der Waals surface area contributed by atoms with Gasteiger partial charge in [-0.1, -0.05) is 26.3 Å². The molecule has 2 aliphatic heterocycles. The lowest BCUT2D eigenvalue weighted by Gasteiger charge is -2.16. The van der Waals surface area contributed by atoms with Crippen molar-refractivity contribution in [2.24, 2.45) is 5.92 Å². The number of rotatable bonds is 7. The first-order valence-electron chi connectivity index (χ1n) is 9.30. The Bertz CT molecular complexity index is 813. The summed E-state index contributed by atoms with van der Waals surface area (Å²) < 4.78 is 36.2. The van der Waals surface area contributed by atoms with E-state index in [0.717, 1.165) is 36.2 Å². The van der Waals surface area contributed by atoms with E-state index >= 15 is 0 Å². The first-order chi connectivity index (χ1) is 12.4. The molecule has 1 fully saturated rings. The third-order valence-corrected chi connectivity index (χ3v) is 7.34. The Morgan fingerprint density at radius 1 is 1.38 bits per heavy atom. The van der Waals surface area contributed by atoms with Gasteiger partial charge in [0.25, 0.3) is 0 Å². The van der Waals surface area contributed by atoms with Gasteiger partial charge in [0.2, 0.25) is 0 Å². The number of sulfone groups is 1. The minimum absolute atomic E-state index is 0.103. The van der Waals surface area contributed by atoms with Crippen molar-refractivity contribution in [3.63, 3.8) is 0 Å². The molecule has 3 rings (SSSR count). The van der Waals surface area contributed by atoms with Crippen molar-refractivity contribution in [3.05, 3.63) is 40.4 Å². The summed E-state index contributed by atoms with van der Waals surface area (Å²) in [6.45, 7) is 6.40. The molecule has 0 amide bonds. The van der Waals surface area contributed by atoms with Crippen molar-refractivity contribution in [2.45, 2.75) is 58.0 Å². The smallest absolute Gasteiger partial charge is 0.163 e. The molecular formula is C20H28O5S. The highest BCUT2D eigenvalue weighted by Crippen LogP contribution is 2.41. The third kappa shape index (κ3) is 3.82. The van der Waals surface area contributed by atoms with Crippen LogP contribution in [0.2, 0.25) is 0 Å². The van der Waals surface area contributed by atoms with E-state index in [1.165, 1.54) is 5.57 Å². The van der Waals surface area contributed by atoms with Crippen LogP contribution in [0.15, 0.2) is 33.3 Å². The molecule has 0 aromatic carbocycles. The zero-order chi connectivity index (χ0) is 18.9. The number of ether oxygens (including phenoxy) is 1. The van der Waals surface area contributed by atoms with Gasteiger partial charge in [0.15, 0.2) is 9.84 Å². The number of hydrogen-bond acceptors (Lipinski definition) is 5. The van der Waals surface area contributed by atoms with Gasteiger partial charge in [0.1, 0.15) is 23.4 Å². The van der Waals surface area contributed by atoms with E-state index in [-0.39, 0.29) is 24.4 Å². The summed E-state index contributed by atoms with van der Waals surface area (Å²) in [7, 11) is -3.10. The summed E-state index contributed by atoms with van der Waals surface area (Å²) in [6, 6.07) is 3.62. The van der Waals surface area contributed by atoms with E-state index in [1.807, 2.05) is 12.1 Å². The van der Waals surface area contributed by atoms with Gasteiger partial charge < -0.3 is 14.3 Å². The van der Waals surface area contributed by atoms with Crippen LogP contribution < -0.4 is 0 Å². The van der Waals surface area contributed by atoms with Gasteiger partial charge in [0.05, 0.1) is 18.5 Å². The minimum Gasteiger partial charge on any atom is -0.459 e. The fraction of sp³-hybridized carbons (Fsp3) is 0.600. The highest BCUT2D eigenvalue weighted by atomic mass is 32.2. The van der Waals surface area contributed by atoms with Crippen LogP contribution in [0, 0.1) is 5.92 Å². The van der Waals surface area contributed by atoms with Crippen LogP contribution in [0.4, 0.5) is 0 Å². The molecule has 2 aliphatic rings. The summed E-state index contributed by atoms with van der Waals surface area (Å²) in [6.07, 6.45) is 4.41. The lowest BCUT2D eigenvalue weighted by atomic mass is 9.92. The summed E-state index contributed by atoms with van der Waals surface area (Å²) >= 11 is 0. The molecule has 0 aliphatic carbocycles. The lowest BCUT2D eigenvalue weighted by molar-refractivity contribution is 0.117. The molecule has 1 N–H and O–H groups in total. The number of fused-ring (bicyclic) bond motifs is 1. The van der Waals surface area contributed by atoms with Crippen LogP contribution >= 0.6 is 0 Å². The van der Waals surface area contributed by atoms with E-state index < -0.39 is 15.1 Å². The number of aliphatic hydroxyl groups is 1. The van der Waals surface area contributed by atoms with Crippen molar-refractivity contribution in [2.75, 3.05) is 12.4 Å². The highest BCUT2D eigenvalue weighted by Gasteiger charge is 2.47. The molecule has 0 unspecified atom stereocenters. The van der Waals surface area contributed by atoms with Crippen LogP contribution in [0.5, 0.6) is 0 Å². The first kappa shape index (κ1) is 19.4. The molecule has 0 radical (unpaired) electrons. The number of allylic oxidation sites excluding steroid dienone is 1. The Balaban J connectivity index is 1.73. The lowest BCUT2D eigenvalue weighted by Crippen LogP contribution is -2.19. The van der Waals surface area contributed by atoms with Crippen molar-refractivity contribution in [3.8, 4) is 0 Å². The summed E-state index contributed by atoms with van der Waals surface area (Å²) in [5.74, 6) is 1.71. The Morgan fingerprint density at radius 3 is 2.77 bits per heavy atom. The largest absolute Gasteiger partial charge is 0.459 e. The van der Waals surface area contributed by atoms with Crippen molar-refractivity contribution in [1.82, 2.24) is 0 Å². The van der Waals surface area contributed by atoms with E-state index in [4.69, 9.17) is 14.3 Å². The summed E-state index contributed by atoms with van der Waals surface area (Å²) in [4.78, 5) is 0. The first-order valence-corrected chi connectivity index (χ1v) is 11.0. The maximum absolute atomic E-state index is 12.4. The van der Waals surface area contributed by atoms with E-state index in [1.54, 1.807) is 6.07 Å². The van der Waals surface area contributed by atoms with Gasteiger partial charge in [0, 0.05) is 0 Å². The molecule has 3 heterocycles. The van der Waals surface area contributed by atoms with Crippen molar-refractivity contribution < 1.29 is 22.7 Å². The number of furan rings is 1. The molecule has 144 valence electrons. The molecule has 2 atom stereocenters. The molecule has 26 heavy (non-hydrogen) atoms. The zero-order valence-corrected chi connectivity index (χ0v) is 16.5. The molecular weight excluding hydrogens is 352 g/mol. The topological polar surface area (TPSA) is 76.7 Å². The maximum atomic E-state index is 12.4. The Kier molecular flexibility index (Phi) is 5.75. The van der Waals surface area contributed by atoms with E-state index in [0.29, 0.717) is 12.4 Å². The minimum atomic E-state index is -3.10. The van der Waals surface area contributed by atoms with Gasteiger partial charge in [-0.3, -0.25) is 0 Å². The van der Waals surface area contributed by atoms with Crippen molar-refractivity contribution in [1.29, 1.82) is 0 Å². The van der Waals surface area contributed by atoms with Gasteiger partial charge in [-0.05, 0) is 54.5 Å². The second-order valence-corrected chi connectivity index (χ2v) is 9.59. The number of aliphatic hydroxyl groups excluding tert-OH is 1. The normalized spacial score (nSPS) is 25.3. The molecule has 0 saturated carbocycles. The standard InChI is InChI=1S/C20H28O5S/c1-4-14(9-15-6-7-16(10-21)25-15)5-8-18-20-17(13(2)3)12-26(22,23)19(20)11-24-18/h6-7,9,13,18-19,21H,4-5,8,10-12H2,1-3H3/b14-9+/t18-,19+/m1/s1. The Hall–Kier alpha value is -1.37. The van der Waals surface area contributed by atoms with Crippen LogP contribution in [0.1, 0.15) is 51.6 Å². The Labute approximate surface area is 155 Å². The average Bonchev–Trinajstić information content (AvgIpc) is 3.28. The maximum Gasteiger partial charge on any atom is 0.163 e. The summed E-state index contributed by atoms with van der Waals surface area (Å²) in [5.41, 5.74) is 3.30. The molecule has 0 bridgehead atoms. The van der Waals surface area contributed by atoms with Crippen molar-refractivity contribution >= 4 is 15.9 Å². The van der Waals surface area contributed by atoms with Crippen LogP contribution in [-0.2, 0) is 21.2 Å². The van der Waals surface area contributed by atoms with Gasteiger partial charge in [-0.15, -0.1) is 0 Å². The van der Waals surface area contributed by atoms with Gasteiger partial charge in [-0.25, -0.2) is 8.42 Å².